The van der Waals surface area contributed by atoms with E-state index in [4.69, 9.17) is 9.63 Å². The van der Waals surface area contributed by atoms with Crippen LogP contribution in [0.1, 0.15) is 27.2 Å². The van der Waals surface area contributed by atoms with Gasteiger partial charge in [0.05, 0.1) is 6.20 Å². The van der Waals surface area contributed by atoms with Gasteiger partial charge >= 0.3 is 5.97 Å². The molecule has 0 bridgehead atoms. The smallest absolute Gasteiger partial charge is 0.328 e. The van der Waals surface area contributed by atoms with E-state index >= 15 is 0 Å². The third kappa shape index (κ3) is 3.56. The molecule has 1 heterocycles. The van der Waals surface area contributed by atoms with Gasteiger partial charge in [0.1, 0.15) is 0 Å². The van der Waals surface area contributed by atoms with Crippen LogP contribution < -0.4 is 5.32 Å². The second-order valence-electron chi connectivity index (χ2n) is 4.53. The molecule has 1 aromatic heterocycles. The monoisotopic (exact) mass is 286 g/mol. The number of anilines is 1. The number of carbonyl (C=O) groups excluding carboxylic acids is 1. The number of carbonyl (C=O) groups is 2. The first-order chi connectivity index (χ1) is 9.97. The number of rotatable bonds is 4. The first-order valence-electron chi connectivity index (χ1n) is 6.21. The van der Waals surface area contributed by atoms with Gasteiger partial charge in [-0.2, -0.15) is 0 Å². The average molecular weight is 286 g/mol. The number of amides is 1. The van der Waals surface area contributed by atoms with Crippen LogP contribution in [0.3, 0.4) is 0 Å². The van der Waals surface area contributed by atoms with Crippen molar-refractivity contribution in [2.75, 3.05) is 5.32 Å². The topological polar surface area (TPSA) is 92.4 Å². The Bertz CT molecular complexity index is 716. The van der Waals surface area contributed by atoms with Crippen LogP contribution in [-0.4, -0.2) is 22.1 Å². The maximum Gasteiger partial charge on any atom is 0.328 e. The van der Waals surface area contributed by atoms with E-state index in [1.54, 1.807) is 25.1 Å². The van der Waals surface area contributed by atoms with Crippen LogP contribution >= 0.6 is 0 Å². The molecule has 0 unspecified atom stereocenters. The maximum atomic E-state index is 12.0. The number of hydrogen-bond donors (Lipinski definition) is 2. The molecule has 0 aliphatic carbocycles. The van der Waals surface area contributed by atoms with Gasteiger partial charge in [0.15, 0.2) is 0 Å². The minimum absolute atomic E-state index is 0.169. The molecule has 1 aromatic carbocycles. The second-order valence-corrected chi connectivity index (χ2v) is 4.53. The lowest BCUT2D eigenvalue weighted by molar-refractivity contribution is -0.131. The number of carboxylic acids is 1. The molecule has 0 aliphatic heterocycles. The van der Waals surface area contributed by atoms with Crippen molar-refractivity contribution in [2.45, 2.75) is 13.8 Å². The number of aromatic nitrogens is 1. The van der Waals surface area contributed by atoms with Crippen molar-refractivity contribution in [3.8, 4) is 0 Å². The number of nitrogens with one attached hydrogen (secondary N) is 1. The molecular formula is C15H14N2O4. The summed E-state index contributed by atoms with van der Waals surface area (Å²) in [7, 11) is 0. The highest BCUT2D eigenvalue weighted by atomic mass is 16.5. The molecule has 6 nitrogen and oxygen atoms in total. The summed E-state index contributed by atoms with van der Waals surface area (Å²) in [5.41, 5.74) is 2.87. The summed E-state index contributed by atoms with van der Waals surface area (Å²) >= 11 is 0. The van der Waals surface area contributed by atoms with Crippen LogP contribution in [0.25, 0.3) is 6.08 Å². The van der Waals surface area contributed by atoms with Gasteiger partial charge in [-0.3, -0.25) is 4.79 Å². The molecule has 0 spiro atoms. The Morgan fingerprint density at radius 3 is 2.62 bits per heavy atom. The molecule has 0 fully saturated rings. The van der Waals surface area contributed by atoms with Crippen molar-refractivity contribution in [3.63, 3.8) is 0 Å². The van der Waals surface area contributed by atoms with E-state index in [9.17, 15) is 9.59 Å². The fraction of sp³-hybridized carbons (Fsp3) is 0.133. The van der Waals surface area contributed by atoms with Crippen LogP contribution in [0.2, 0.25) is 0 Å². The van der Waals surface area contributed by atoms with Crippen molar-refractivity contribution in [3.05, 3.63) is 52.9 Å². The van der Waals surface area contributed by atoms with Gasteiger partial charge in [-0.25, -0.2) is 4.79 Å². The van der Waals surface area contributed by atoms with Gasteiger partial charge < -0.3 is 14.9 Å². The zero-order chi connectivity index (χ0) is 15.4. The number of benzene rings is 1. The Morgan fingerprint density at radius 2 is 2.05 bits per heavy atom. The average Bonchev–Trinajstić information content (AvgIpc) is 2.84. The van der Waals surface area contributed by atoms with Gasteiger partial charge in [-0.05, 0) is 43.2 Å². The molecule has 2 N–H and O–H groups in total. The van der Waals surface area contributed by atoms with E-state index in [0.717, 1.165) is 17.2 Å². The highest BCUT2D eigenvalue weighted by molar-refractivity contribution is 6.03. The first kappa shape index (κ1) is 14.5. The summed E-state index contributed by atoms with van der Waals surface area (Å²) in [5.74, 6) is -1.21. The third-order valence-electron chi connectivity index (χ3n) is 2.89. The lowest BCUT2D eigenvalue weighted by Crippen LogP contribution is -2.12. The lowest BCUT2D eigenvalue weighted by atomic mass is 10.1. The molecule has 108 valence electrons. The van der Waals surface area contributed by atoms with Crippen molar-refractivity contribution in [1.82, 2.24) is 5.16 Å². The van der Waals surface area contributed by atoms with Crippen molar-refractivity contribution < 1.29 is 19.2 Å². The molecular weight excluding hydrogens is 272 g/mol. The number of aliphatic carboxylic acids is 1. The largest absolute Gasteiger partial charge is 0.478 e. The molecule has 0 saturated heterocycles. The van der Waals surface area contributed by atoms with Crippen LogP contribution in [0.15, 0.2) is 35.0 Å². The molecule has 0 radical (unpaired) electrons. The van der Waals surface area contributed by atoms with E-state index in [0.29, 0.717) is 11.3 Å². The Kier molecular flexibility index (Phi) is 4.18. The molecule has 21 heavy (non-hydrogen) atoms. The predicted octanol–water partition coefficient (Wildman–Crippen LogP) is 2.64. The van der Waals surface area contributed by atoms with Crippen LogP contribution in [0, 0.1) is 13.8 Å². The Hall–Kier alpha value is -2.89. The minimum atomic E-state index is -1.01. The lowest BCUT2D eigenvalue weighted by Gasteiger charge is -2.06. The summed E-state index contributed by atoms with van der Waals surface area (Å²) < 4.78 is 4.88. The van der Waals surface area contributed by atoms with E-state index in [2.05, 4.69) is 10.5 Å². The van der Waals surface area contributed by atoms with Crippen molar-refractivity contribution in [2.24, 2.45) is 0 Å². The fourth-order valence-electron chi connectivity index (χ4n) is 1.80. The number of hydrogen-bond acceptors (Lipinski definition) is 4. The first-order valence-corrected chi connectivity index (χ1v) is 6.21. The standard InChI is InChI=1S/C15H14N2O4/c1-9-7-12(5-3-11(9)4-6-13(18)19)17-15(20)14-10(2)8-16-21-14/h3-8H,1-2H3,(H,17,20)(H,18,19). The zero-order valence-electron chi connectivity index (χ0n) is 11.6. The zero-order valence-corrected chi connectivity index (χ0v) is 11.6. The number of carboxylic acid groups (broad SMARTS) is 1. The SMILES string of the molecule is Cc1cc(NC(=O)c2oncc2C)ccc1C=CC(=O)O. The normalized spacial score (nSPS) is 10.8. The van der Waals surface area contributed by atoms with Gasteiger partial charge in [0.2, 0.25) is 5.76 Å². The van der Waals surface area contributed by atoms with Gasteiger partial charge in [-0.1, -0.05) is 11.2 Å². The Morgan fingerprint density at radius 1 is 1.29 bits per heavy atom. The van der Waals surface area contributed by atoms with E-state index in [1.807, 2.05) is 6.92 Å². The highest BCUT2D eigenvalue weighted by Crippen LogP contribution is 2.18. The molecule has 0 aliphatic rings. The van der Waals surface area contributed by atoms with Crippen molar-refractivity contribution in [1.29, 1.82) is 0 Å². The Balaban J connectivity index is 2.15. The summed E-state index contributed by atoms with van der Waals surface area (Å²) in [5, 5.41) is 14.9. The minimum Gasteiger partial charge on any atom is -0.478 e. The maximum absolute atomic E-state index is 12.0. The van der Waals surface area contributed by atoms with Gasteiger partial charge in [-0.15, -0.1) is 0 Å². The van der Waals surface area contributed by atoms with E-state index < -0.39 is 5.97 Å². The predicted molar refractivity (Wildman–Crippen MR) is 77.0 cm³/mol. The third-order valence-corrected chi connectivity index (χ3v) is 2.89. The second kappa shape index (κ2) is 6.04. The molecule has 6 heteroatoms. The van der Waals surface area contributed by atoms with Gasteiger partial charge in [0.25, 0.3) is 5.91 Å². The van der Waals surface area contributed by atoms with Crippen LogP contribution in [-0.2, 0) is 4.79 Å². The quantitative estimate of drug-likeness (QED) is 0.843. The molecule has 1 amide bonds. The summed E-state index contributed by atoms with van der Waals surface area (Å²) in [6.45, 7) is 3.56. The fourth-order valence-corrected chi connectivity index (χ4v) is 1.80. The van der Waals surface area contributed by atoms with E-state index in [-0.39, 0.29) is 11.7 Å². The Labute approximate surface area is 121 Å². The molecule has 0 saturated carbocycles. The van der Waals surface area contributed by atoms with Crippen LogP contribution in [0.5, 0.6) is 0 Å². The van der Waals surface area contributed by atoms with Gasteiger partial charge in [0, 0.05) is 17.3 Å². The summed E-state index contributed by atoms with van der Waals surface area (Å²) in [6.07, 6.45) is 4.04. The number of nitrogens with zero attached hydrogens (tertiary/aromatic N) is 1. The summed E-state index contributed by atoms with van der Waals surface area (Å²) in [4.78, 5) is 22.5. The summed E-state index contributed by atoms with van der Waals surface area (Å²) in [6, 6.07) is 5.18. The molecule has 2 aromatic rings. The van der Waals surface area contributed by atoms with Crippen molar-refractivity contribution >= 4 is 23.6 Å². The van der Waals surface area contributed by atoms with E-state index in [1.165, 1.54) is 12.3 Å². The van der Waals surface area contributed by atoms with Crippen LogP contribution in [0.4, 0.5) is 5.69 Å². The molecule has 2 rings (SSSR count). The highest BCUT2D eigenvalue weighted by Gasteiger charge is 2.14. The number of aryl methyl sites for hydroxylation is 2. The molecule has 0 atom stereocenters.